The number of anilines is 1. The largest absolute Gasteiger partial charge is 0.461 e. The van der Waals surface area contributed by atoms with Crippen molar-refractivity contribution in [3.05, 3.63) is 77.6 Å². The van der Waals surface area contributed by atoms with E-state index in [9.17, 15) is 9.59 Å². The molecule has 5 heteroatoms. The van der Waals surface area contributed by atoms with E-state index in [2.05, 4.69) is 19.2 Å². The van der Waals surface area contributed by atoms with Gasteiger partial charge in [-0.2, -0.15) is 0 Å². The van der Waals surface area contributed by atoms with Crippen molar-refractivity contribution in [3.8, 4) is 11.3 Å². The Morgan fingerprint density at radius 2 is 1.85 bits per heavy atom. The van der Waals surface area contributed by atoms with E-state index in [0.717, 1.165) is 46.7 Å². The van der Waals surface area contributed by atoms with Crippen LogP contribution in [0.1, 0.15) is 56.4 Å². The first-order valence-corrected chi connectivity index (χ1v) is 11.8. The summed E-state index contributed by atoms with van der Waals surface area (Å²) in [4.78, 5) is 27.4. The molecule has 1 unspecified atom stereocenters. The van der Waals surface area contributed by atoms with Gasteiger partial charge in [-0.15, -0.1) is 0 Å². The first kappa shape index (κ1) is 22.8. The molecule has 0 saturated carbocycles. The summed E-state index contributed by atoms with van der Waals surface area (Å²) in [5.74, 6) is 2.06. The predicted octanol–water partition coefficient (Wildman–Crippen LogP) is 6.01. The van der Waals surface area contributed by atoms with Crippen molar-refractivity contribution in [3.63, 3.8) is 0 Å². The Bertz CT molecular complexity index is 1120. The Kier molecular flexibility index (Phi) is 6.97. The van der Waals surface area contributed by atoms with E-state index in [0.29, 0.717) is 25.4 Å². The molecular weight excluding hydrogens is 412 g/mol. The van der Waals surface area contributed by atoms with Gasteiger partial charge in [-0.3, -0.25) is 9.59 Å². The summed E-state index contributed by atoms with van der Waals surface area (Å²) in [6.07, 6.45) is 2.03. The van der Waals surface area contributed by atoms with Crippen LogP contribution in [0.5, 0.6) is 0 Å². The van der Waals surface area contributed by atoms with Gasteiger partial charge in [0.05, 0.1) is 5.92 Å². The maximum Gasteiger partial charge on any atom is 0.231 e. The molecule has 4 rings (SSSR count). The lowest BCUT2D eigenvalue weighted by Gasteiger charge is -2.26. The Morgan fingerprint density at radius 1 is 1.06 bits per heavy atom. The van der Waals surface area contributed by atoms with Gasteiger partial charge in [-0.1, -0.05) is 63.2 Å². The molecule has 1 aliphatic rings. The van der Waals surface area contributed by atoms with E-state index in [4.69, 9.17) is 4.42 Å². The molecule has 1 atom stereocenters. The molecule has 33 heavy (non-hydrogen) atoms. The topological polar surface area (TPSA) is 62.6 Å². The van der Waals surface area contributed by atoms with Crippen molar-refractivity contribution in [2.75, 3.05) is 11.9 Å². The molecular formula is C28H32N2O3. The van der Waals surface area contributed by atoms with E-state index in [1.54, 1.807) is 0 Å². The number of furan rings is 1. The fourth-order valence-corrected chi connectivity index (χ4v) is 4.40. The third-order valence-electron chi connectivity index (χ3n) is 6.14. The minimum Gasteiger partial charge on any atom is -0.461 e. The zero-order valence-corrected chi connectivity index (χ0v) is 19.6. The number of nitrogens with one attached hydrogen (secondary N) is 1. The smallest absolute Gasteiger partial charge is 0.231 e. The van der Waals surface area contributed by atoms with Gasteiger partial charge in [0.15, 0.2) is 0 Å². The van der Waals surface area contributed by atoms with Crippen LogP contribution in [0.2, 0.25) is 0 Å². The molecule has 5 nitrogen and oxygen atoms in total. The second-order valence-electron chi connectivity index (χ2n) is 9.16. The van der Waals surface area contributed by atoms with Crippen LogP contribution in [0, 0.1) is 5.92 Å². The zero-order chi connectivity index (χ0) is 23.4. The third kappa shape index (κ3) is 5.36. The monoisotopic (exact) mass is 444 g/mol. The molecule has 172 valence electrons. The van der Waals surface area contributed by atoms with Crippen molar-refractivity contribution in [1.82, 2.24) is 4.90 Å². The normalized spacial score (nSPS) is 14.1. The number of hydrogen-bond donors (Lipinski definition) is 1. The number of hydrogen-bond acceptors (Lipinski definition) is 3. The first-order chi connectivity index (χ1) is 15.9. The van der Waals surface area contributed by atoms with Gasteiger partial charge in [0.25, 0.3) is 0 Å². The zero-order valence-electron chi connectivity index (χ0n) is 19.6. The van der Waals surface area contributed by atoms with E-state index in [-0.39, 0.29) is 17.7 Å². The molecule has 0 spiro atoms. The predicted molar refractivity (Wildman–Crippen MR) is 131 cm³/mol. The van der Waals surface area contributed by atoms with Crippen LogP contribution in [-0.4, -0.2) is 23.3 Å². The van der Waals surface area contributed by atoms with E-state index in [1.165, 1.54) is 0 Å². The summed E-state index contributed by atoms with van der Waals surface area (Å²) in [5, 5.41) is 3.07. The van der Waals surface area contributed by atoms with Gasteiger partial charge in [0.1, 0.15) is 11.5 Å². The lowest BCUT2D eigenvalue weighted by molar-refractivity contribution is -0.133. The Hall–Kier alpha value is -3.34. The van der Waals surface area contributed by atoms with Gasteiger partial charge in [-0.25, -0.2) is 0 Å². The maximum absolute atomic E-state index is 13.0. The van der Waals surface area contributed by atoms with Crippen LogP contribution in [0.3, 0.4) is 0 Å². The fraction of sp³-hybridized carbons (Fsp3) is 0.357. The number of carbonyl (C=O) groups excluding carboxylic acids is 2. The number of nitrogens with zero attached hydrogens (tertiary/aromatic N) is 1. The maximum atomic E-state index is 13.0. The average molecular weight is 445 g/mol. The molecule has 0 bridgehead atoms. The summed E-state index contributed by atoms with van der Waals surface area (Å²) < 4.78 is 6.15. The van der Waals surface area contributed by atoms with Crippen LogP contribution in [0.25, 0.3) is 11.3 Å². The molecule has 2 heterocycles. The van der Waals surface area contributed by atoms with Crippen LogP contribution in [0.15, 0.2) is 65.1 Å². The van der Waals surface area contributed by atoms with Crippen LogP contribution >= 0.6 is 0 Å². The van der Waals surface area contributed by atoms with Crippen LogP contribution in [-0.2, 0) is 22.6 Å². The van der Waals surface area contributed by atoms with E-state index < -0.39 is 0 Å². The summed E-state index contributed by atoms with van der Waals surface area (Å²) in [7, 11) is 0. The van der Waals surface area contributed by atoms with Crippen LogP contribution < -0.4 is 5.32 Å². The molecule has 0 radical (unpaired) electrons. The Labute approximate surface area is 195 Å². The SMILES string of the molecule is CCC(C(=O)Nc1cccc(-c2cc3c(o2)CCN(C(=O)CC(C)C)C3)c1)c1ccccc1. The molecule has 1 aromatic heterocycles. The quantitative estimate of drug-likeness (QED) is 0.485. The van der Waals surface area contributed by atoms with Crippen molar-refractivity contribution < 1.29 is 14.0 Å². The summed E-state index contributed by atoms with van der Waals surface area (Å²) in [6.45, 7) is 7.45. The third-order valence-corrected chi connectivity index (χ3v) is 6.14. The van der Waals surface area contributed by atoms with Crippen molar-refractivity contribution in [2.45, 2.75) is 52.5 Å². The highest BCUT2D eigenvalue weighted by Crippen LogP contribution is 2.31. The van der Waals surface area contributed by atoms with E-state index >= 15 is 0 Å². The standard InChI is InChI=1S/C28H32N2O3/c1-4-24(20-9-6-5-7-10-20)28(32)29-23-12-8-11-21(16-23)26-17-22-18-30(14-13-25(22)33-26)27(31)15-19(2)3/h5-12,16-17,19,24H,4,13-15,18H2,1-3H3,(H,29,32). The van der Waals surface area contributed by atoms with Crippen molar-refractivity contribution >= 4 is 17.5 Å². The molecule has 2 aromatic carbocycles. The molecule has 1 N–H and O–H groups in total. The molecule has 2 amide bonds. The molecule has 0 saturated heterocycles. The number of carbonyl (C=O) groups is 2. The van der Waals surface area contributed by atoms with Gasteiger partial charge >= 0.3 is 0 Å². The van der Waals surface area contributed by atoms with Gasteiger partial charge in [-0.05, 0) is 36.1 Å². The highest BCUT2D eigenvalue weighted by molar-refractivity contribution is 5.96. The highest BCUT2D eigenvalue weighted by atomic mass is 16.3. The molecule has 1 aliphatic heterocycles. The summed E-state index contributed by atoms with van der Waals surface area (Å²) in [5.41, 5.74) is 3.74. The Morgan fingerprint density at radius 3 is 2.58 bits per heavy atom. The van der Waals surface area contributed by atoms with Gasteiger partial charge < -0.3 is 14.6 Å². The van der Waals surface area contributed by atoms with Gasteiger partial charge in [0, 0.05) is 42.7 Å². The van der Waals surface area contributed by atoms with Gasteiger partial charge in [0.2, 0.25) is 11.8 Å². The number of rotatable bonds is 7. The first-order valence-electron chi connectivity index (χ1n) is 11.8. The minimum atomic E-state index is -0.194. The van der Waals surface area contributed by atoms with Crippen LogP contribution in [0.4, 0.5) is 5.69 Å². The van der Waals surface area contributed by atoms with E-state index in [1.807, 2.05) is 72.5 Å². The number of fused-ring (bicyclic) bond motifs is 1. The summed E-state index contributed by atoms with van der Waals surface area (Å²) >= 11 is 0. The fourth-order valence-electron chi connectivity index (χ4n) is 4.40. The molecule has 0 aliphatic carbocycles. The lowest BCUT2D eigenvalue weighted by Crippen LogP contribution is -2.35. The number of benzene rings is 2. The second-order valence-corrected chi connectivity index (χ2v) is 9.16. The molecule has 3 aromatic rings. The minimum absolute atomic E-state index is 0.0149. The average Bonchev–Trinajstić information content (AvgIpc) is 3.23. The Balaban J connectivity index is 1.48. The number of amides is 2. The van der Waals surface area contributed by atoms with Crippen molar-refractivity contribution in [2.24, 2.45) is 5.92 Å². The summed E-state index contributed by atoms with van der Waals surface area (Å²) in [6, 6.07) is 19.6. The highest BCUT2D eigenvalue weighted by Gasteiger charge is 2.25. The second kappa shape index (κ2) is 10.1. The molecule has 0 fully saturated rings. The van der Waals surface area contributed by atoms with Crippen molar-refractivity contribution in [1.29, 1.82) is 0 Å². The lowest BCUT2D eigenvalue weighted by atomic mass is 9.95.